The second-order valence-corrected chi connectivity index (χ2v) is 7.58. The van der Waals surface area contributed by atoms with Gasteiger partial charge in [-0.15, -0.1) is 0 Å². The Labute approximate surface area is 210 Å². The second-order valence-electron chi connectivity index (χ2n) is 7.58. The van der Waals surface area contributed by atoms with E-state index in [1.165, 1.54) is 26.4 Å². The molecule has 184 valence electrons. The van der Waals surface area contributed by atoms with E-state index < -0.39 is 5.91 Å². The van der Waals surface area contributed by atoms with Crippen LogP contribution in [-0.4, -0.2) is 32.6 Å². The van der Waals surface area contributed by atoms with Crippen LogP contribution in [0.5, 0.6) is 17.2 Å². The Morgan fingerprint density at radius 2 is 1.50 bits per heavy atom. The van der Waals surface area contributed by atoms with E-state index in [0.29, 0.717) is 34.9 Å². The summed E-state index contributed by atoms with van der Waals surface area (Å²) in [6, 6.07) is 20.9. The van der Waals surface area contributed by atoms with Crippen LogP contribution in [0.4, 0.5) is 11.4 Å². The standard InChI is InChI=1S/C28H27N3O5/c1-4-14-36-24-13-9-8-12-20(24)15-21(18-29)28(33)31-23-17-25(34-2)22(16-26(23)35-3)30-27(32)19-10-6-5-7-11-19/h5-13,15-17H,4,14H2,1-3H3,(H,30,32)(H,31,33)/b21-15+. The monoisotopic (exact) mass is 485 g/mol. The Morgan fingerprint density at radius 1 is 0.889 bits per heavy atom. The summed E-state index contributed by atoms with van der Waals surface area (Å²) >= 11 is 0. The van der Waals surface area contributed by atoms with E-state index in [-0.39, 0.29) is 22.9 Å². The Bertz CT molecular complexity index is 1300. The van der Waals surface area contributed by atoms with E-state index in [9.17, 15) is 14.9 Å². The molecule has 3 aromatic rings. The van der Waals surface area contributed by atoms with Gasteiger partial charge in [-0.25, -0.2) is 0 Å². The topological polar surface area (TPSA) is 110 Å². The summed E-state index contributed by atoms with van der Waals surface area (Å²) in [5.74, 6) is 0.195. The lowest BCUT2D eigenvalue weighted by Crippen LogP contribution is -2.16. The predicted molar refractivity (Wildman–Crippen MR) is 138 cm³/mol. The van der Waals surface area contributed by atoms with Crippen molar-refractivity contribution < 1.29 is 23.8 Å². The van der Waals surface area contributed by atoms with Gasteiger partial charge in [-0.05, 0) is 30.7 Å². The van der Waals surface area contributed by atoms with Gasteiger partial charge in [0.15, 0.2) is 0 Å². The molecule has 8 heteroatoms. The Kier molecular flexibility index (Phi) is 9.06. The maximum Gasteiger partial charge on any atom is 0.266 e. The number of carbonyl (C=O) groups is 2. The molecule has 36 heavy (non-hydrogen) atoms. The van der Waals surface area contributed by atoms with E-state index in [2.05, 4.69) is 10.6 Å². The van der Waals surface area contributed by atoms with Crippen molar-refractivity contribution in [1.29, 1.82) is 5.26 Å². The fraction of sp³-hybridized carbons (Fsp3) is 0.179. The highest BCUT2D eigenvalue weighted by molar-refractivity contribution is 6.11. The molecule has 0 aliphatic rings. The fourth-order valence-electron chi connectivity index (χ4n) is 3.31. The number of amides is 2. The lowest BCUT2D eigenvalue weighted by Gasteiger charge is -2.16. The number of methoxy groups -OCH3 is 2. The molecule has 0 atom stereocenters. The quantitative estimate of drug-likeness (QED) is 0.298. The number of carbonyl (C=O) groups excluding carboxylic acids is 2. The number of nitriles is 1. The summed E-state index contributed by atoms with van der Waals surface area (Å²) in [5.41, 5.74) is 1.60. The molecule has 0 bridgehead atoms. The third-order valence-corrected chi connectivity index (χ3v) is 5.10. The van der Waals surface area contributed by atoms with Gasteiger partial charge in [-0.2, -0.15) is 5.26 Å². The average molecular weight is 486 g/mol. The number of hydrogen-bond donors (Lipinski definition) is 2. The molecular formula is C28H27N3O5. The van der Waals surface area contributed by atoms with Crippen molar-refractivity contribution in [3.63, 3.8) is 0 Å². The van der Waals surface area contributed by atoms with Crippen LogP contribution in [-0.2, 0) is 4.79 Å². The number of nitrogens with one attached hydrogen (secondary N) is 2. The molecule has 2 amide bonds. The first kappa shape index (κ1) is 25.8. The van der Waals surface area contributed by atoms with Crippen molar-refractivity contribution >= 4 is 29.3 Å². The third-order valence-electron chi connectivity index (χ3n) is 5.10. The first-order valence-electron chi connectivity index (χ1n) is 11.3. The van der Waals surface area contributed by atoms with Crippen LogP contribution in [0.3, 0.4) is 0 Å². The largest absolute Gasteiger partial charge is 0.494 e. The summed E-state index contributed by atoms with van der Waals surface area (Å²) in [5, 5.41) is 15.1. The molecule has 0 radical (unpaired) electrons. The smallest absolute Gasteiger partial charge is 0.266 e. The minimum atomic E-state index is -0.635. The molecule has 0 unspecified atom stereocenters. The van der Waals surface area contributed by atoms with Gasteiger partial charge in [0, 0.05) is 23.3 Å². The molecule has 0 heterocycles. The second kappa shape index (κ2) is 12.6. The minimum Gasteiger partial charge on any atom is -0.494 e. The average Bonchev–Trinajstić information content (AvgIpc) is 2.91. The molecule has 0 saturated heterocycles. The Balaban J connectivity index is 1.87. The van der Waals surface area contributed by atoms with E-state index >= 15 is 0 Å². The van der Waals surface area contributed by atoms with Crippen molar-refractivity contribution in [2.75, 3.05) is 31.5 Å². The molecule has 3 aromatic carbocycles. The van der Waals surface area contributed by atoms with Crippen molar-refractivity contribution in [3.05, 3.63) is 83.4 Å². The molecule has 0 aromatic heterocycles. The number of rotatable bonds is 10. The molecule has 8 nitrogen and oxygen atoms in total. The van der Waals surface area contributed by atoms with Crippen molar-refractivity contribution in [3.8, 4) is 23.3 Å². The molecule has 2 N–H and O–H groups in total. The van der Waals surface area contributed by atoms with E-state index in [1.807, 2.05) is 25.1 Å². The maximum absolute atomic E-state index is 13.0. The number of nitrogens with zero attached hydrogens (tertiary/aromatic N) is 1. The zero-order valence-corrected chi connectivity index (χ0v) is 20.3. The van der Waals surface area contributed by atoms with Crippen LogP contribution in [0.2, 0.25) is 0 Å². The van der Waals surface area contributed by atoms with Gasteiger partial charge in [0.2, 0.25) is 0 Å². The van der Waals surface area contributed by atoms with Crippen LogP contribution < -0.4 is 24.8 Å². The zero-order chi connectivity index (χ0) is 25.9. The molecular weight excluding hydrogens is 458 g/mol. The van der Waals surface area contributed by atoms with Gasteiger partial charge in [0.25, 0.3) is 11.8 Å². The molecule has 0 aliphatic carbocycles. The van der Waals surface area contributed by atoms with Crippen molar-refractivity contribution in [2.24, 2.45) is 0 Å². The predicted octanol–water partition coefficient (Wildman–Crippen LogP) is 5.29. The van der Waals surface area contributed by atoms with Crippen LogP contribution in [0.15, 0.2) is 72.3 Å². The Hall–Kier alpha value is -4.77. The van der Waals surface area contributed by atoms with Gasteiger partial charge >= 0.3 is 0 Å². The number of anilines is 2. The highest BCUT2D eigenvalue weighted by atomic mass is 16.5. The number of hydrogen-bond acceptors (Lipinski definition) is 6. The van der Waals surface area contributed by atoms with E-state index in [4.69, 9.17) is 14.2 Å². The highest BCUT2D eigenvalue weighted by Crippen LogP contribution is 2.37. The van der Waals surface area contributed by atoms with Crippen molar-refractivity contribution in [1.82, 2.24) is 0 Å². The number of para-hydroxylation sites is 1. The summed E-state index contributed by atoms with van der Waals surface area (Å²) in [6.07, 6.45) is 2.30. The van der Waals surface area contributed by atoms with Gasteiger partial charge in [-0.3, -0.25) is 9.59 Å². The lowest BCUT2D eigenvalue weighted by molar-refractivity contribution is -0.112. The molecule has 0 saturated carbocycles. The third kappa shape index (κ3) is 6.42. The van der Waals surface area contributed by atoms with Crippen LogP contribution in [0, 0.1) is 11.3 Å². The molecule has 0 aliphatic heterocycles. The number of ether oxygens (including phenoxy) is 3. The van der Waals surface area contributed by atoms with Crippen LogP contribution in [0.1, 0.15) is 29.3 Å². The molecule has 0 spiro atoms. The van der Waals surface area contributed by atoms with Crippen LogP contribution in [0.25, 0.3) is 6.08 Å². The summed E-state index contributed by atoms with van der Waals surface area (Å²) in [6.45, 7) is 2.51. The SMILES string of the molecule is CCCOc1ccccc1/C=C(\C#N)C(=O)Nc1cc(OC)c(NC(=O)c2ccccc2)cc1OC. The summed E-state index contributed by atoms with van der Waals surface area (Å²) in [7, 11) is 2.88. The van der Waals surface area contributed by atoms with Crippen LogP contribution >= 0.6 is 0 Å². The minimum absolute atomic E-state index is 0.120. The first-order valence-corrected chi connectivity index (χ1v) is 11.3. The molecule has 0 fully saturated rings. The van der Waals surface area contributed by atoms with Gasteiger partial charge in [0.1, 0.15) is 28.9 Å². The fourth-order valence-corrected chi connectivity index (χ4v) is 3.31. The zero-order valence-electron chi connectivity index (χ0n) is 20.3. The normalized spacial score (nSPS) is 10.7. The first-order chi connectivity index (χ1) is 17.5. The van der Waals surface area contributed by atoms with E-state index in [0.717, 1.165) is 6.42 Å². The Morgan fingerprint density at radius 3 is 2.11 bits per heavy atom. The summed E-state index contributed by atoms with van der Waals surface area (Å²) in [4.78, 5) is 25.6. The van der Waals surface area contributed by atoms with Gasteiger partial charge in [-0.1, -0.05) is 43.3 Å². The maximum atomic E-state index is 13.0. The number of benzene rings is 3. The van der Waals surface area contributed by atoms with Gasteiger partial charge in [0.05, 0.1) is 32.2 Å². The highest BCUT2D eigenvalue weighted by Gasteiger charge is 2.18. The van der Waals surface area contributed by atoms with Crippen molar-refractivity contribution in [2.45, 2.75) is 13.3 Å². The summed E-state index contributed by atoms with van der Waals surface area (Å²) < 4.78 is 16.6. The van der Waals surface area contributed by atoms with Gasteiger partial charge < -0.3 is 24.8 Å². The molecule has 3 rings (SSSR count). The lowest BCUT2D eigenvalue weighted by atomic mass is 10.1. The van der Waals surface area contributed by atoms with E-state index in [1.54, 1.807) is 48.5 Å².